The smallest absolute Gasteiger partial charge is 0.324 e. The van der Waals surface area contributed by atoms with Crippen molar-refractivity contribution in [3.8, 4) is 0 Å². The fourth-order valence-electron chi connectivity index (χ4n) is 3.34. The number of nitrogens with zero attached hydrogens (tertiary/aromatic N) is 2. The summed E-state index contributed by atoms with van der Waals surface area (Å²) in [5, 5.41) is 5.94. The summed E-state index contributed by atoms with van der Waals surface area (Å²) in [6, 6.07) is 6.35. The van der Waals surface area contributed by atoms with Crippen LogP contribution in [-0.2, 0) is 15.4 Å². The molecule has 0 radical (unpaired) electrons. The van der Waals surface area contributed by atoms with Crippen LogP contribution in [-0.4, -0.2) is 55.6 Å². The molecule has 1 aromatic carbocycles. The van der Waals surface area contributed by atoms with Gasteiger partial charge in [0, 0.05) is 30.2 Å². The molecule has 176 valence electrons. The zero-order valence-corrected chi connectivity index (χ0v) is 20.1. The minimum Gasteiger partial charge on any atom is -0.443 e. The third kappa shape index (κ3) is 5.34. The SMILES string of the molecule is CC(C)(C)c1cc(C(=O)N2CCNS(=O)(=O)CC2)c(NC(=O)Nc2ccc3ocnc3c2)s1. The molecule has 3 N–H and O–H groups in total. The average Bonchev–Trinajstić information content (AvgIpc) is 3.32. The highest BCUT2D eigenvalue weighted by Crippen LogP contribution is 2.37. The van der Waals surface area contributed by atoms with Crippen LogP contribution in [0, 0.1) is 0 Å². The fourth-order valence-corrected chi connectivity index (χ4v) is 5.45. The number of sulfonamides is 1. The predicted molar refractivity (Wildman–Crippen MR) is 127 cm³/mol. The summed E-state index contributed by atoms with van der Waals surface area (Å²) in [5.74, 6) is -0.483. The van der Waals surface area contributed by atoms with E-state index in [4.69, 9.17) is 4.42 Å². The first-order valence-electron chi connectivity index (χ1n) is 10.3. The molecule has 33 heavy (non-hydrogen) atoms. The monoisotopic (exact) mass is 491 g/mol. The van der Waals surface area contributed by atoms with Gasteiger partial charge in [-0.3, -0.25) is 10.1 Å². The lowest BCUT2D eigenvalue weighted by atomic mass is 9.94. The molecule has 0 bridgehead atoms. The van der Waals surface area contributed by atoms with E-state index in [1.807, 2.05) is 20.8 Å². The third-order valence-corrected chi connectivity index (χ3v) is 7.98. The second kappa shape index (κ2) is 8.76. The molecule has 2 aromatic heterocycles. The van der Waals surface area contributed by atoms with Gasteiger partial charge >= 0.3 is 6.03 Å². The number of thiophene rings is 1. The van der Waals surface area contributed by atoms with Crippen molar-refractivity contribution < 1.29 is 22.4 Å². The topological polar surface area (TPSA) is 134 Å². The molecule has 10 nitrogen and oxygen atoms in total. The van der Waals surface area contributed by atoms with Crippen LogP contribution in [0.25, 0.3) is 11.1 Å². The van der Waals surface area contributed by atoms with Gasteiger partial charge in [-0.1, -0.05) is 20.8 Å². The van der Waals surface area contributed by atoms with E-state index < -0.39 is 16.1 Å². The zero-order valence-electron chi connectivity index (χ0n) is 18.5. The van der Waals surface area contributed by atoms with Gasteiger partial charge in [0.25, 0.3) is 5.91 Å². The van der Waals surface area contributed by atoms with E-state index in [1.54, 1.807) is 24.3 Å². The molecular weight excluding hydrogens is 466 g/mol. The Hall–Kier alpha value is -2.96. The lowest BCUT2D eigenvalue weighted by molar-refractivity contribution is 0.0773. The van der Waals surface area contributed by atoms with Crippen molar-refractivity contribution in [3.05, 3.63) is 41.1 Å². The maximum atomic E-state index is 13.3. The van der Waals surface area contributed by atoms with Gasteiger partial charge in [0.05, 0.1) is 11.3 Å². The molecule has 0 spiro atoms. The molecule has 4 rings (SSSR count). The highest BCUT2D eigenvalue weighted by atomic mass is 32.2. The number of fused-ring (bicyclic) bond motifs is 1. The molecule has 1 fully saturated rings. The number of hydrogen-bond acceptors (Lipinski definition) is 7. The number of carbonyl (C=O) groups is 2. The third-order valence-electron chi connectivity index (χ3n) is 5.14. The molecule has 0 saturated carbocycles. The summed E-state index contributed by atoms with van der Waals surface area (Å²) in [6.07, 6.45) is 1.33. The van der Waals surface area contributed by atoms with Crippen LogP contribution in [0.1, 0.15) is 36.0 Å². The van der Waals surface area contributed by atoms with Crippen molar-refractivity contribution >= 4 is 55.1 Å². The summed E-state index contributed by atoms with van der Waals surface area (Å²) in [5.41, 5.74) is 1.84. The molecule has 1 aliphatic heterocycles. The van der Waals surface area contributed by atoms with Crippen LogP contribution in [0.2, 0.25) is 0 Å². The summed E-state index contributed by atoms with van der Waals surface area (Å²) in [7, 11) is -3.39. The highest BCUT2D eigenvalue weighted by Gasteiger charge is 2.29. The van der Waals surface area contributed by atoms with E-state index in [0.29, 0.717) is 27.4 Å². The summed E-state index contributed by atoms with van der Waals surface area (Å²) in [4.78, 5) is 32.5. The lowest BCUT2D eigenvalue weighted by Gasteiger charge is -2.19. The van der Waals surface area contributed by atoms with E-state index in [1.165, 1.54) is 22.6 Å². The Balaban J connectivity index is 1.56. The Morgan fingerprint density at radius 1 is 1.18 bits per heavy atom. The number of amides is 3. The molecule has 0 unspecified atom stereocenters. The van der Waals surface area contributed by atoms with Crippen LogP contribution in [0.4, 0.5) is 15.5 Å². The van der Waals surface area contributed by atoms with E-state index >= 15 is 0 Å². The summed E-state index contributed by atoms with van der Waals surface area (Å²) >= 11 is 1.33. The normalized spacial score (nSPS) is 16.4. The molecule has 1 aliphatic rings. The second-order valence-corrected chi connectivity index (χ2v) is 11.7. The maximum absolute atomic E-state index is 13.3. The average molecular weight is 492 g/mol. The molecule has 3 amide bonds. The van der Waals surface area contributed by atoms with Crippen LogP contribution in [0.15, 0.2) is 35.1 Å². The van der Waals surface area contributed by atoms with Crippen molar-refractivity contribution in [1.29, 1.82) is 0 Å². The number of oxazole rings is 1. The Morgan fingerprint density at radius 2 is 1.97 bits per heavy atom. The zero-order chi connectivity index (χ0) is 23.8. The Bertz CT molecular complexity index is 1310. The van der Waals surface area contributed by atoms with E-state index in [2.05, 4.69) is 20.3 Å². The number of hydrogen-bond donors (Lipinski definition) is 3. The van der Waals surface area contributed by atoms with Gasteiger partial charge in [-0.15, -0.1) is 11.3 Å². The molecule has 0 aliphatic carbocycles. The first-order valence-corrected chi connectivity index (χ1v) is 12.8. The van der Waals surface area contributed by atoms with Gasteiger partial charge in [-0.05, 0) is 29.7 Å². The first-order chi connectivity index (χ1) is 15.5. The Morgan fingerprint density at radius 3 is 2.73 bits per heavy atom. The van der Waals surface area contributed by atoms with Crippen LogP contribution >= 0.6 is 11.3 Å². The van der Waals surface area contributed by atoms with E-state index in [-0.39, 0.29) is 36.7 Å². The van der Waals surface area contributed by atoms with E-state index in [9.17, 15) is 18.0 Å². The number of aromatic nitrogens is 1. The number of rotatable bonds is 3. The number of nitrogens with one attached hydrogen (secondary N) is 3. The second-order valence-electron chi connectivity index (χ2n) is 8.72. The molecule has 0 atom stereocenters. The highest BCUT2D eigenvalue weighted by molar-refractivity contribution is 7.89. The molecular formula is C21H25N5O5S2. The van der Waals surface area contributed by atoms with Gasteiger partial charge in [0.15, 0.2) is 12.0 Å². The predicted octanol–water partition coefficient (Wildman–Crippen LogP) is 3.21. The fraction of sp³-hybridized carbons (Fsp3) is 0.381. The number of urea groups is 1. The van der Waals surface area contributed by atoms with Gasteiger partial charge in [-0.25, -0.2) is 22.9 Å². The van der Waals surface area contributed by atoms with Crippen molar-refractivity contribution in [2.75, 3.05) is 36.0 Å². The van der Waals surface area contributed by atoms with Crippen LogP contribution < -0.4 is 15.4 Å². The Labute approximate surface area is 195 Å². The maximum Gasteiger partial charge on any atom is 0.324 e. The van der Waals surface area contributed by atoms with Crippen LogP contribution in [0.3, 0.4) is 0 Å². The van der Waals surface area contributed by atoms with Gasteiger partial charge in [0.1, 0.15) is 10.5 Å². The quantitative estimate of drug-likeness (QED) is 0.515. The molecule has 3 heterocycles. The van der Waals surface area contributed by atoms with Gasteiger partial charge in [0.2, 0.25) is 10.0 Å². The summed E-state index contributed by atoms with van der Waals surface area (Å²) < 4.78 is 31.3. The number of carbonyl (C=O) groups excluding carboxylic acids is 2. The molecule has 1 saturated heterocycles. The minimum atomic E-state index is -3.39. The van der Waals surface area contributed by atoms with Crippen molar-refractivity contribution in [3.63, 3.8) is 0 Å². The number of benzene rings is 1. The molecule has 3 aromatic rings. The summed E-state index contributed by atoms with van der Waals surface area (Å²) in [6.45, 7) is 6.55. The Kier molecular flexibility index (Phi) is 6.16. The molecule has 12 heteroatoms. The van der Waals surface area contributed by atoms with Crippen LogP contribution in [0.5, 0.6) is 0 Å². The van der Waals surface area contributed by atoms with E-state index in [0.717, 1.165) is 4.88 Å². The van der Waals surface area contributed by atoms with Crippen molar-refractivity contribution in [2.24, 2.45) is 0 Å². The lowest BCUT2D eigenvalue weighted by Crippen LogP contribution is -2.35. The van der Waals surface area contributed by atoms with Crippen molar-refractivity contribution in [2.45, 2.75) is 26.2 Å². The van der Waals surface area contributed by atoms with Gasteiger partial charge < -0.3 is 14.6 Å². The standard InChI is InChI=1S/C21H25N5O5S2/c1-21(2,3)17-11-14(19(27)26-7-6-23-33(29,30)9-8-26)18(32-17)25-20(28)24-13-4-5-16-15(10-13)22-12-31-16/h4-5,10-12,23H,6-9H2,1-3H3,(H2,24,25,28). The minimum absolute atomic E-state index is 0.0816. The largest absolute Gasteiger partial charge is 0.443 e. The van der Waals surface area contributed by atoms with Gasteiger partial charge in [-0.2, -0.15) is 0 Å². The first kappa shape index (κ1) is 23.2. The number of anilines is 2. The van der Waals surface area contributed by atoms with Crippen molar-refractivity contribution in [1.82, 2.24) is 14.6 Å².